The van der Waals surface area contributed by atoms with Crippen molar-refractivity contribution in [1.82, 2.24) is 10.6 Å². The van der Waals surface area contributed by atoms with Crippen LogP contribution < -0.4 is 16.0 Å². The molecule has 0 aliphatic heterocycles. The Morgan fingerprint density at radius 2 is 1.95 bits per heavy atom. The predicted octanol–water partition coefficient (Wildman–Crippen LogP) is 3.81. The van der Waals surface area contributed by atoms with Crippen molar-refractivity contribution >= 4 is 11.7 Å². The highest BCUT2D eigenvalue weighted by Crippen LogP contribution is 2.23. The Morgan fingerprint density at radius 3 is 2.67 bits per heavy atom. The van der Waals surface area contributed by atoms with E-state index in [1.807, 2.05) is 18.2 Å². The Balaban J connectivity index is 1.96. The summed E-state index contributed by atoms with van der Waals surface area (Å²) in [5.41, 5.74) is 2.01. The molecule has 2 amide bonds. The number of hydrogen-bond donors (Lipinski definition) is 3. The van der Waals surface area contributed by atoms with Crippen molar-refractivity contribution in [1.29, 1.82) is 0 Å². The molecule has 0 saturated heterocycles. The normalized spacial score (nSPS) is 17.2. The molecule has 3 N–H and O–H groups in total. The third kappa shape index (κ3) is 4.74. The first-order valence-corrected chi connectivity index (χ1v) is 8.10. The van der Waals surface area contributed by atoms with Crippen molar-refractivity contribution in [2.24, 2.45) is 0 Å². The molecule has 1 aliphatic rings. The van der Waals surface area contributed by atoms with Crippen LogP contribution in [0.1, 0.15) is 57.6 Å². The topological polar surface area (TPSA) is 53.2 Å². The highest BCUT2D eigenvalue weighted by molar-refractivity contribution is 5.90. The number of para-hydroxylation sites is 1. The molecule has 1 aromatic carbocycles. The summed E-state index contributed by atoms with van der Waals surface area (Å²) in [6.45, 7) is 5.11. The second kappa shape index (κ2) is 8.03. The van der Waals surface area contributed by atoms with Gasteiger partial charge in [0.2, 0.25) is 0 Å². The fourth-order valence-electron chi connectivity index (χ4n) is 3.00. The van der Waals surface area contributed by atoms with Crippen molar-refractivity contribution in [3.05, 3.63) is 29.8 Å². The lowest BCUT2D eigenvalue weighted by Crippen LogP contribution is -2.39. The molecule has 1 atom stereocenters. The minimum absolute atomic E-state index is 0.0851. The molecule has 1 saturated carbocycles. The first kappa shape index (κ1) is 15.8. The van der Waals surface area contributed by atoms with Crippen LogP contribution in [0.15, 0.2) is 24.3 Å². The zero-order valence-corrected chi connectivity index (χ0v) is 13.1. The van der Waals surface area contributed by atoms with Gasteiger partial charge in [0, 0.05) is 17.8 Å². The summed E-state index contributed by atoms with van der Waals surface area (Å²) in [4.78, 5) is 12.2. The van der Waals surface area contributed by atoms with Crippen LogP contribution >= 0.6 is 0 Å². The van der Waals surface area contributed by atoms with Crippen LogP contribution in [-0.2, 0) is 0 Å². The molecule has 1 unspecified atom stereocenters. The van der Waals surface area contributed by atoms with Gasteiger partial charge in [-0.25, -0.2) is 4.79 Å². The van der Waals surface area contributed by atoms with Gasteiger partial charge in [0.25, 0.3) is 0 Å². The molecule has 1 fully saturated rings. The van der Waals surface area contributed by atoms with Crippen LogP contribution in [0.2, 0.25) is 0 Å². The zero-order chi connectivity index (χ0) is 15.1. The molecular weight excluding hydrogens is 262 g/mol. The maximum Gasteiger partial charge on any atom is 0.319 e. The molecule has 0 bridgehead atoms. The summed E-state index contributed by atoms with van der Waals surface area (Å²) in [5.74, 6) is 0. The number of amides is 2. The van der Waals surface area contributed by atoms with Gasteiger partial charge in [-0.15, -0.1) is 0 Å². The minimum atomic E-state index is -0.0851. The molecule has 0 aromatic heterocycles. The van der Waals surface area contributed by atoms with Crippen LogP contribution in [0, 0.1) is 0 Å². The van der Waals surface area contributed by atoms with Gasteiger partial charge < -0.3 is 16.0 Å². The number of nitrogens with one attached hydrogen (secondary N) is 3. The third-order valence-electron chi connectivity index (χ3n) is 4.13. The number of hydrogen-bond acceptors (Lipinski definition) is 2. The lowest BCUT2D eigenvalue weighted by Gasteiger charge is -2.24. The van der Waals surface area contributed by atoms with Crippen molar-refractivity contribution in [3.8, 4) is 0 Å². The molecule has 0 radical (unpaired) electrons. The first-order chi connectivity index (χ1) is 10.2. The largest absolute Gasteiger partial charge is 0.335 e. The molecule has 4 heteroatoms. The monoisotopic (exact) mass is 289 g/mol. The average Bonchev–Trinajstić information content (AvgIpc) is 2.49. The molecule has 0 heterocycles. The second-order valence-corrected chi connectivity index (χ2v) is 5.80. The predicted molar refractivity (Wildman–Crippen MR) is 87.6 cm³/mol. The van der Waals surface area contributed by atoms with E-state index in [4.69, 9.17) is 0 Å². The lowest BCUT2D eigenvalue weighted by molar-refractivity contribution is 0.244. The maximum absolute atomic E-state index is 12.2. The van der Waals surface area contributed by atoms with E-state index >= 15 is 0 Å². The van der Waals surface area contributed by atoms with Crippen molar-refractivity contribution in [2.75, 3.05) is 11.9 Å². The number of rotatable bonds is 5. The van der Waals surface area contributed by atoms with E-state index in [1.54, 1.807) is 0 Å². The van der Waals surface area contributed by atoms with Crippen molar-refractivity contribution < 1.29 is 4.79 Å². The van der Waals surface area contributed by atoms with Crippen molar-refractivity contribution in [2.45, 2.75) is 58.0 Å². The van der Waals surface area contributed by atoms with Crippen LogP contribution in [0.25, 0.3) is 0 Å². The summed E-state index contributed by atoms with van der Waals surface area (Å²) in [6, 6.07) is 8.45. The minimum Gasteiger partial charge on any atom is -0.335 e. The van der Waals surface area contributed by atoms with Gasteiger partial charge in [-0.05, 0) is 37.9 Å². The molecule has 1 aromatic rings. The molecule has 2 rings (SSSR count). The third-order valence-corrected chi connectivity index (χ3v) is 4.13. The van der Waals surface area contributed by atoms with E-state index in [-0.39, 0.29) is 12.1 Å². The fraction of sp³-hybridized carbons (Fsp3) is 0.588. The second-order valence-electron chi connectivity index (χ2n) is 5.80. The lowest BCUT2D eigenvalue weighted by atomic mass is 9.96. The number of anilines is 1. The van der Waals surface area contributed by atoms with Gasteiger partial charge in [0.05, 0.1) is 0 Å². The van der Waals surface area contributed by atoms with Crippen LogP contribution in [0.4, 0.5) is 10.5 Å². The summed E-state index contributed by atoms with van der Waals surface area (Å²) in [5, 5.41) is 9.49. The number of carbonyl (C=O) groups is 1. The number of benzene rings is 1. The molecular formula is C17H27N3O. The standard InChI is InChI=1S/C17H27N3O/c1-3-18-13(2)15-11-7-8-12-16(15)20-17(21)19-14-9-5-4-6-10-14/h7-8,11-14,18H,3-6,9-10H2,1-2H3,(H2,19,20,21). The SMILES string of the molecule is CCNC(C)c1ccccc1NC(=O)NC1CCCCC1. The van der Waals surface area contributed by atoms with Gasteiger partial charge in [0.15, 0.2) is 0 Å². The number of carbonyl (C=O) groups excluding carboxylic acids is 1. The van der Waals surface area contributed by atoms with Gasteiger partial charge in [-0.3, -0.25) is 0 Å². The van der Waals surface area contributed by atoms with Gasteiger partial charge in [0.1, 0.15) is 0 Å². The molecule has 1 aliphatic carbocycles. The van der Waals surface area contributed by atoms with Gasteiger partial charge in [-0.1, -0.05) is 44.4 Å². The van der Waals surface area contributed by atoms with E-state index in [1.165, 1.54) is 19.3 Å². The highest BCUT2D eigenvalue weighted by atomic mass is 16.2. The summed E-state index contributed by atoms with van der Waals surface area (Å²) in [6.07, 6.45) is 5.94. The smallest absolute Gasteiger partial charge is 0.319 e. The first-order valence-electron chi connectivity index (χ1n) is 8.10. The van der Waals surface area contributed by atoms with Crippen LogP contribution in [0.5, 0.6) is 0 Å². The molecule has 116 valence electrons. The highest BCUT2D eigenvalue weighted by Gasteiger charge is 2.17. The van der Waals surface area contributed by atoms with Crippen LogP contribution in [0.3, 0.4) is 0 Å². The average molecular weight is 289 g/mol. The van der Waals surface area contributed by atoms with E-state index in [0.717, 1.165) is 30.6 Å². The van der Waals surface area contributed by atoms with Gasteiger partial charge >= 0.3 is 6.03 Å². The molecule has 0 spiro atoms. The fourth-order valence-corrected chi connectivity index (χ4v) is 3.00. The Kier molecular flexibility index (Phi) is 6.05. The zero-order valence-electron chi connectivity index (χ0n) is 13.1. The Bertz CT molecular complexity index is 455. The van der Waals surface area contributed by atoms with Gasteiger partial charge in [-0.2, -0.15) is 0 Å². The Hall–Kier alpha value is -1.55. The van der Waals surface area contributed by atoms with E-state index in [2.05, 4.69) is 35.9 Å². The molecule has 4 nitrogen and oxygen atoms in total. The van der Waals surface area contributed by atoms with E-state index in [0.29, 0.717) is 6.04 Å². The summed E-state index contributed by atoms with van der Waals surface area (Å²) < 4.78 is 0. The summed E-state index contributed by atoms with van der Waals surface area (Å²) >= 11 is 0. The van der Waals surface area contributed by atoms with E-state index < -0.39 is 0 Å². The molecule has 21 heavy (non-hydrogen) atoms. The Labute approximate surface area is 127 Å². The quantitative estimate of drug-likeness (QED) is 0.772. The van der Waals surface area contributed by atoms with Crippen molar-refractivity contribution in [3.63, 3.8) is 0 Å². The Morgan fingerprint density at radius 1 is 1.24 bits per heavy atom. The van der Waals surface area contributed by atoms with E-state index in [9.17, 15) is 4.79 Å². The maximum atomic E-state index is 12.2. The number of urea groups is 1. The van der Waals surface area contributed by atoms with Crippen LogP contribution in [-0.4, -0.2) is 18.6 Å². The summed E-state index contributed by atoms with van der Waals surface area (Å²) in [7, 11) is 0.